The van der Waals surface area contributed by atoms with Crippen molar-refractivity contribution in [3.63, 3.8) is 0 Å². The molecular weight excluding hydrogens is 210 g/mol. The van der Waals surface area contributed by atoms with Gasteiger partial charge in [0.2, 0.25) is 0 Å². The average Bonchev–Trinajstić information content (AvgIpc) is 2.89. The van der Waals surface area contributed by atoms with Gasteiger partial charge in [-0.3, -0.25) is 0 Å². The predicted molar refractivity (Wildman–Crippen MR) is 69.0 cm³/mol. The van der Waals surface area contributed by atoms with Gasteiger partial charge in [0.25, 0.3) is 0 Å². The molecular formula is C15H21NO. The average molecular weight is 231 g/mol. The van der Waals surface area contributed by atoms with Gasteiger partial charge in [0.05, 0.1) is 6.61 Å². The van der Waals surface area contributed by atoms with Crippen molar-refractivity contribution in [1.29, 1.82) is 0 Å². The van der Waals surface area contributed by atoms with E-state index in [1.807, 2.05) is 0 Å². The first-order valence-corrected chi connectivity index (χ1v) is 6.82. The second-order valence-electron chi connectivity index (χ2n) is 5.28. The van der Waals surface area contributed by atoms with Gasteiger partial charge in [-0.1, -0.05) is 24.3 Å². The smallest absolute Gasteiger partial charge is 0.0507 e. The lowest BCUT2D eigenvalue weighted by atomic mass is 9.87. The lowest BCUT2D eigenvalue weighted by molar-refractivity contribution is 0.184. The Morgan fingerprint density at radius 1 is 1.24 bits per heavy atom. The summed E-state index contributed by atoms with van der Waals surface area (Å²) >= 11 is 0. The van der Waals surface area contributed by atoms with Crippen LogP contribution in [0.1, 0.15) is 36.4 Å². The number of fused-ring (bicyclic) bond motifs is 1. The Balaban J connectivity index is 1.64. The number of rotatable bonds is 3. The van der Waals surface area contributed by atoms with Crippen molar-refractivity contribution in [2.24, 2.45) is 5.92 Å². The lowest BCUT2D eigenvalue weighted by Crippen LogP contribution is -2.30. The van der Waals surface area contributed by atoms with Crippen molar-refractivity contribution in [2.45, 2.75) is 31.7 Å². The topological polar surface area (TPSA) is 21.3 Å². The van der Waals surface area contributed by atoms with E-state index in [0.717, 1.165) is 25.7 Å². The highest BCUT2D eigenvalue weighted by atomic mass is 16.5. The Labute approximate surface area is 103 Å². The van der Waals surface area contributed by atoms with E-state index in [1.54, 1.807) is 5.56 Å². The molecule has 1 aliphatic carbocycles. The molecule has 1 aliphatic heterocycles. The SMILES string of the molecule is c1ccc2c(c1)CCCC2NCC1CCOC1. The molecule has 1 aromatic carbocycles. The fourth-order valence-electron chi connectivity index (χ4n) is 3.02. The van der Waals surface area contributed by atoms with E-state index < -0.39 is 0 Å². The van der Waals surface area contributed by atoms with Crippen molar-refractivity contribution < 1.29 is 4.74 Å². The third-order valence-electron chi connectivity index (χ3n) is 4.05. The van der Waals surface area contributed by atoms with Crippen LogP contribution < -0.4 is 5.32 Å². The molecule has 1 heterocycles. The van der Waals surface area contributed by atoms with Gasteiger partial charge >= 0.3 is 0 Å². The van der Waals surface area contributed by atoms with Crippen LogP contribution in [0, 0.1) is 5.92 Å². The van der Waals surface area contributed by atoms with Gasteiger partial charge in [-0.25, -0.2) is 0 Å². The van der Waals surface area contributed by atoms with Crippen molar-refractivity contribution >= 4 is 0 Å². The summed E-state index contributed by atoms with van der Waals surface area (Å²) in [5, 5.41) is 3.74. The summed E-state index contributed by atoms with van der Waals surface area (Å²) in [5.41, 5.74) is 3.07. The van der Waals surface area contributed by atoms with E-state index in [2.05, 4.69) is 29.6 Å². The molecule has 2 heteroatoms. The zero-order chi connectivity index (χ0) is 11.5. The summed E-state index contributed by atoms with van der Waals surface area (Å²) < 4.78 is 5.43. The Bertz CT molecular complexity index is 371. The Hall–Kier alpha value is -0.860. The number of ether oxygens (including phenoxy) is 1. The first kappa shape index (κ1) is 11.2. The molecule has 1 aromatic rings. The van der Waals surface area contributed by atoms with Crippen molar-refractivity contribution in [1.82, 2.24) is 5.32 Å². The largest absolute Gasteiger partial charge is 0.381 e. The van der Waals surface area contributed by atoms with Gasteiger partial charge in [0.15, 0.2) is 0 Å². The van der Waals surface area contributed by atoms with Gasteiger partial charge in [-0.05, 0) is 42.7 Å². The molecule has 3 rings (SSSR count). The van der Waals surface area contributed by atoms with E-state index in [4.69, 9.17) is 4.74 Å². The molecule has 0 amide bonds. The van der Waals surface area contributed by atoms with Gasteiger partial charge in [0.1, 0.15) is 0 Å². The predicted octanol–water partition coefficient (Wildman–Crippen LogP) is 2.69. The molecule has 0 radical (unpaired) electrons. The second kappa shape index (κ2) is 5.19. The fourth-order valence-corrected chi connectivity index (χ4v) is 3.02. The molecule has 2 nitrogen and oxygen atoms in total. The van der Waals surface area contributed by atoms with Crippen molar-refractivity contribution in [2.75, 3.05) is 19.8 Å². The standard InChI is InChI=1S/C15H21NO/c1-2-6-14-13(4-1)5-3-7-15(14)16-10-12-8-9-17-11-12/h1-2,4,6,12,15-16H,3,5,7-11H2. The quantitative estimate of drug-likeness (QED) is 0.863. The summed E-state index contributed by atoms with van der Waals surface area (Å²) in [6.45, 7) is 3.01. The molecule has 2 unspecified atom stereocenters. The minimum atomic E-state index is 0.570. The number of nitrogens with one attached hydrogen (secondary N) is 1. The fraction of sp³-hybridized carbons (Fsp3) is 0.600. The van der Waals surface area contributed by atoms with Crippen LogP contribution >= 0.6 is 0 Å². The highest BCUT2D eigenvalue weighted by Crippen LogP contribution is 2.29. The molecule has 0 spiro atoms. The Morgan fingerprint density at radius 3 is 3.06 bits per heavy atom. The highest BCUT2D eigenvalue weighted by Gasteiger charge is 2.21. The maximum atomic E-state index is 5.43. The normalized spacial score (nSPS) is 28.0. The summed E-state index contributed by atoms with van der Waals surface area (Å²) in [6.07, 6.45) is 5.07. The van der Waals surface area contributed by atoms with Crippen LogP contribution in [0.2, 0.25) is 0 Å². The summed E-state index contributed by atoms with van der Waals surface area (Å²) in [5.74, 6) is 0.726. The van der Waals surface area contributed by atoms with Gasteiger partial charge in [0, 0.05) is 19.2 Å². The molecule has 0 bridgehead atoms. The maximum Gasteiger partial charge on any atom is 0.0507 e. The molecule has 1 saturated heterocycles. The van der Waals surface area contributed by atoms with Gasteiger partial charge in [-0.2, -0.15) is 0 Å². The summed E-state index contributed by atoms with van der Waals surface area (Å²) in [7, 11) is 0. The zero-order valence-corrected chi connectivity index (χ0v) is 10.3. The van der Waals surface area contributed by atoms with E-state index in [-0.39, 0.29) is 0 Å². The number of hydrogen-bond acceptors (Lipinski definition) is 2. The first-order chi connectivity index (χ1) is 8.43. The van der Waals surface area contributed by atoms with Crippen LogP contribution in [0.3, 0.4) is 0 Å². The second-order valence-corrected chi connectivity index (χ2v) is 5.28. The number of benzene rings is 1. The summed E-state index contributed by atoms with van der Waals surface area (Å²) in [6, 6.07) is 9.46. The minimum absolute atomic E-state index is 0.570. The van der Waals surface area contributed by atoms with Gasteiger partial charge in [-0.15, -0.1) is 0 Å². The first-order valence-electron chi connectivity index (χ1n) is 6.82. The summed E-state index contributed by atoms with van der Waals surface area (Å²) in [4.78, 5) is 0. The van der Waals surface area contributed by atoms with E-state index in [1.165, 1.54) is 31.2 Å². The number of aryl methyl sites for hydroxylation is 1. The van der Waals surface area contributed by atoms with Crippen LogP contribution in [0.15, 0.2) is 24.3 Å². The third kappa shape index (κ3) is 2.53. The Morgan fingerprint density at radius 2 is 2.18 bits per heavy atom. The lowest BCUT2D eigenvalue weighted by Gasteiger charge is -2.27. The van der Waals surface area contributed by atoms with Crippen molar-refractivity contribution in [3.05, 3.63) is 35.4 Å². The number of hydrogen-bond donors (Lipinski definition) is 1. The molecule has 1 fully saturated rings. The molecule has 2 aliphatic rings. The van der Waals surface area contributed by atoms with E-state index >= 15 is 0 Å². The monoisotopic (exact) mass is 231 g/mol. The van der Waals surface area contributed by atoms with E-state index in [9.17, 15) is 0 Å². The molecule has 0 aromatic heterocycles. The zero-order valence-electron chi connectivity index (χ0n) is 10.3. The minimum Gasteiger partial charge on any atom is -0.381 e. The highest BCUT2D eigenvalue weighted by molar-refractivity contribution is 5.32. The molecule has 17 heavy (non-hydrogen) atoms. The Kier molecular flexibility index (Phi) is 3.44. The van der Waals surface area contributed by atoms with Crippen LogP contribution in [0.5, 0.6) is 0 Å². The van der Waals surface area contributed by atoms with Crippen LogP contribution in [-0.2, 0) is 11.2 Å². The van der Waals surface area contributed by atoms with Crippen LogP contribution in [-0.4, -0.2) is 19.8 Å². The van der Waals surface area contributed by atoms with Crippen LogP contribution in [0.25, 0.3) is 0 Å². The van der Waals surface area contributed by atoms with Crippen molar-refractivity contribution in [3.8, 4) is 0 Å². The molecule has 92 valence electrons. The third-order valence-corrected chi connectivity index (χ3v) is 4.05. The maximum absolute atomic E-state index is 5.43. The molecule has 0 saturated carbocycles. The molecule has 1 N–H and O–H groups in total. The molecule has 2 atom stereocenters. The van der Waals surface area contributed by atoms with E-state index in [0.29, 0.717) is 6.04 Å². The van der Waals surface area contributed by atoms with Gasteiger partial charge < -0.3 is 10.1 Å². The van der Waals surface area contributed by atoms with Crippen LogP contribution in [0.4, 0.5) is 0 Å².